The lowest BCUT2D eigenvalue weighted by atomic mass is 10.3. The lowest BCUT2D eigenvalue weighted by Crippen LogP contribution is -2.34. The Labute approximate surface area is 83.6 Å². The van der Waals surface area contributed by atoms with Crippen LogP contribution in [-0.2, 0) is 0 Å². The van der Waals surface area contributed by atoms with E-state index in [9.17, 15) is 0 Å². The summed E-state index contributed by atoms with van der Waals surface area (Å²) in [5, 5.41) is 7.06. The van der Waals surface area contributed by atoms with Gasteiger partial charge in [-0.15, -0.1) is 11.3 Å². The van der Waals surface area contributed by atoms with Crippen molar-refractivity contribution < 1.29 is 0 Å². The summed E-state index contributed by atoms with van der Waals surface area (Å²) in [7, 11) is 0. The number of hydrogen-bond donors (Lipinski definition) is 1. The standard InChI is InChI=1S/C10H16N2S/c1-9-8-12(6-3-5-11-9)10-4-2-7-13-10/h2,4,7,9,11H,3,5-6,8H2,1H3. The van der Waals surface area contributed by atoms with Crippen LogP contribution in [0.25, 0.3) is 0 Å². The molecule has 0 bridgehead atoms. The van der Waals surface area contributed by atoms with Gasteiger partial charge in [-0.3, -0.25) is 0 Å². The summed E-state index contributed by atoms with van der Waals surface area (Å²) in [5.41, 5.74) is 0. The molecule has 1 aliphatic rings. The van der Waals surface area contributed by atoms with E-state index in [0.717, 1.165) is 13.1 Å². The molecular formula is C10H16N2S. The molecule has 72 valence electrons. The molecule has 2 nitrogen and oxygen atoms in total. The molecule has 2 rings (SSSR count). The van der Waals surface area contributed by atoms with E-state index in [-0.39, 0.29) is 0 Å². The molecule has 0 aromatic carbocycles. The van der Waals surface area contributed by atoms with Crippen LogP contribution in [0.1, 0.15) is 13.3 Å². The monoisotopic (exact) mass is 196 g/mol. The van der Waals surface area contributed by atoms with Crippen LogP contribution in [0.4, 0.5) is 5.00 Å². The van der Waals surface area contributed by atoms with Gasteiger partial charge in [0.1, 0.15) is 0 Å². The zero-order valence-corrected chi connectivity index (χ0v) is 8.81. The van der Waals surface area contributed by atoms with Gasteiger partial charge in [0.2, 0.25) is 0 Å². The van der Waals surface area contributed by atoms with Crippen LogP contribution < -0.4 is 10.2 Å². The van der Waals surface area contributed by atoms with Gasteiger partial charge in [0, 0.05) is 19.1 Å². The lowest BCUT2D eigenvalue weighted by molar-refractivity contribution is 0.585. The van der Waals surface area contributed by atoms with E-state index in [0.29, 0.717) is 6.04 Å². The van der Waals surface area contributed by atoms with E-state index in [1.807, 2.05) is 11.3 Å². The van der Waals surface area contributed by atoms with Crippen LogP contribution in [0.15, 0.2) is 17.5 Å². The van der Waals surface area contributed by atoms with Crippen molar-refractivity contribution in [1.29, 1.82) is 0 Å². The van der Waals surface area contributed by atoms with Crippen LogP contribution >= 0.6 is 11.3 Å². The number of nitrogens with one attached hydrogen (secondary N) is 1. The normalized spacial score (nSPS) is 24.4. The second kappa shape index (κ2) is 4.11. The molecule has 1 unspecified atom stereocenters. The van der Waals surface area contributed by atoms with E-state index in [2.05, 4.69) is 34.7 Å². The fourth-order valence-corrected chi connectivity index (χ4v) is 2.52. The van der Waals surface area contributed by atoms with Gasteiger partial charge < -0.3 is 10.2 Å². The van der Waals surface area contributed by atoms with E-state index in [4.69, 9.17) is 0 Å². The molecule has 0 spiro atoms. The van der Waals surface area contributed by atoms with Crippen molar-refractivity contribution in [3.8, 4) is 0 Å². The largest absolute Gasteiger partial charge is 0.362 e. The Morgan fingerprint density at radius 2 is 2.54 bits per heavy atom. The fraction of sp³-hybridized carbons (Fsp3) is 0.600. The summed E-state index contributed by atoms with van der Waals surface area (Å²) in [6, 6.07) is 4.95. The van der Waals surface area contributed by atoms with Crippen LogP contribution in [0.2, 0.25) is 0 Å². The molecule has 1 aliphatic heterocycles. The van der Waals surface area contributed by atoms with Crippen molar-refractivity contribution in [2.24, 2.45) is 0 Å². The summed E-state index contributed by atoms with van der Waals surface area (Å²) in [6.45, 7) is 5.74. The Balaban J connectivity index is 2.05. The smallest absolute Gasteiger partial charge is 0.0908 e. The highest BCUT2D eigenvalue weighted by Gasteiger charge is 2.14. The van der Waals surface area contributed by atoms with Crippen molar-refractivity contribution >= 4 is 16.3 Å². The SMILES string of the molecule is CC1CN(c2cccs2)CCCN1. The van der Waals surface area contributed by atoms with Crippen LogP contribution in [0, 0.1) is 0 Å². The highest BCUT2D eigenvalue weighted by atomic mass is 32.1. The lowest BCUT2D eigenvalue weighted by Gasteiger charge is -2.22. The van der Waals surface area contributed by atoms with Crippen LogP contribution in [0.3, 0.4) is 0 Å². The van der Waals surface area contributed by atoms with Gasteiger partial charge in [-0.1, -0.05) is 0 Å². The average molecular weight is 196 g/mol. The van der Waals surface area contributed by atoms with Crippen molar-refractivity contribution in [2.45, 2.75) is 19.4 Å². The third kappa shape index (κ3) is 2.23. The Bertz CT molecular complexity index is 245. The maximum Gasteiger partial charge on any atom is 0.0908 e. The Morgan fingerprint density at radius 1 is 1.62 bits per heavy atom. The molecule has 2 heterocycles. The van der Waals surface area contributed by atoms with Gasteiger partial charge >= 0.3 is 0 Å². The predicted molar refractivity (Wildman–Crippen MR) is 58.6 cm³/mol. The maximum atomic E-state index is 3.50. The first kappa shape index (κ1) is 9.03. The zero-order valence-electron chi connectivity index (χ0n) is 7.99. The molecule has 1 atom stereocenters. The molecule has 0 amide bonds. The van der Waals surface area contributed by atoms with Crippen LogP contribution in [-0.4, -0.2) is 25.7 Å². The second-order valence-electron chi connectivity index (χ2n) is 3.61. The van der Waals surface area contributed by atoms with E-state index in [1.165, 1.54) is 18.0 Å². The number of thiophene rings is 1. The zero-order chi connectivity index (χ0) is 9.10. The molecule has 0 radical (unpaired) electrons. The quantitative estimate of drug-likeness (QED) is 0.738. The third-order valence-electron chi connectivity index (χ3n) is 2.41. The third-order valence-corrected chi connectivity index (χ3v) is 3.34. The summed E-state index contributed by atoms with van der Waals surface area (Å²) >= 11 is 1.84. The minimum Gasteiger partial charge on any atom is -0.362 e. The minimum absolute atomic E-state index is 0.615. The number of rotatable bonds is 1. The minimum atomic E-state index is 0.615. The average Bonchev–Trinajstić information content (AvgIpc) is 2.56. The van der Waals surface area contributed by atoms with Crippen molar-refractivity contribution in [2.75, 3.05) is 24.5 Å². The molecule has 1 aromatic rings. The number of hydrogen-bond acceptors (Lipinski definition) is 3. The van der Waals surface area contributed by atoms with Crippen molar-refractivity contribution in [3.05, 3.63) is 17.5 Å². The van der Waals surface area contributed by atoms with E-state index in [1.54, 1.807) is 0 Å². The summed E-state index contributed by atoms with van der Waals surface area (Å²) in [5.74, 6) is 0. The van der Waals surface area contributed by atoms with Gasteiger partial charge in [-0.05, 0) is 37.4 Å². The molecule has 1 N–H and O–H groups in total. The highest BCUT2D eigenvalue weighted by Crippen LogP contribution is 2.22. The summed E-state index contributed by atoms with van der Waals surface area (Å²) in [4.78, 5) is 2.48. The molecule has 0 saturated carbocycles. The molecule has 1 aromatic heterocycles. The van der Waals surface area contributed by atoms with Crippen molar-refractivity contribution in [1.82, 2.24) is 5.32 Å². The topological polar surface area (TPSA) is 15.3 Å². The Morgan fingerprint density at radius 3 is 3.31 bits per heavy atom. The molecular weight excluding hydrogens is 180 g/mol. The first-order valence-corrected chi connectivity index (χ1v) is 5.76. The molecule has 1 fully saturated rings. The number of nitrogens with zero attached hydrogens (tertiary/aromatic N) is 1. The molecule has 1 saturated heterocycles. The van der Waals surface area contributed by atoms with Crippen LogP contribution in [0.5, 0.6) is 0 Å². The molecule has 13 heavy (non-hydrogen) atoms. The fourth-order valence-electron chi connectivity index (χ4n) is 1.75. The van der Waals surface area contributed by atoms with Crippen molar-refractivity contribution in [3.63, 3.8) is 0 Å². The van der Waals surface area contributed by atoms with E-state index < -0.39 is 0 Å². The van der Waals surface area contributed by atoms with Gasteiger partial charge in [0.15, 0.2) is 0 Å². The van der Waals surface area contributed by atoms with Gasteiger partial charge in [0.05, 0.1) is 5.00 Å². The molecule has 3 heteroatoms. The van der Waals surface area contributed by atoms with E-state index >= 15 is 0 Å². The number of anilines is 1. The maximum absolute atomic E-state index is 3.50. The highest BCUT2D eigenvalue weighted by molar-refractivity contribution is 7.14. The predicted octanol–water partition coefficient (Wildman–Crippen LogP) is 1.94. The van der Waals surface area contributed by atoms with Gasteiger partial charge in [0.25, 0.3) is 0 Å². The van der Waals surface area contributed by atoms with Gasteiger partial charge in [-0.2, -0.15) is 0 Å². The first-order valence-electron chi connectivity index (χ1n) is 4.88. The first-order chi connectivity index (χ1) is 6.36. The summed E-state index contributed by atoms with van der Waals surface area (Å²) in [6.07, 6.45) is 1.25. The van der Waals surface area contributed by atoms with Gasteiger partial charge in [-0.25, -0.2) is 0 Å². The molecule has 0 aliphatic carbocycles. The second-order valence-corrected chi connectivity index (χ2v) is 4.53. The Hall–Kier alpha value is -0.540. The Kier molecular flexibility index (Phi) is 2.86. The summed E-state index contributed by atoms with van der Waals surface area (Å²) < 4.78 is 0.